The lowest BCUT2D eigenvalue weighted by atomic mass is 10.0. The fourth-order valence-corrected chi connectivity index (χ4v) is 3.67. The molecule has 0 bridgehead atoms. The third-order valence-corrected chi connectivity index (χ3v) is 5.63. The van der Waals surface area contributed by atoms with Crippen molar-refractivity contribution in [3.05, 3.63) is 102 Å². The van der Waals surface area contributed by atoms with Crippen LogP contribution in [-0.2, 0) is 0 Å². The van der Waals surface area contributed by atoms with Gasteiger partial charge in [-0.05, 0) is 69.7 Å². The van der Waals surface area contributed by atoms with Crippen LogP contribution in [0.4, 0.5) is 10.1 Å². The average Bonchev–Trinajstić information content (AvgIpc) is 2.80. The first kappa shape index (κ1) is 24.0. The number of likely N-dealkylation sites (N-methyl/N-ethyl adjacent to an activating group) is 1. The topological polar surface area (TPSA) is 43.8 Å². The van der Waals surface area contributed by atoms with Gasteiger partial charge in [-0.15, -0.1) is 0 Å². The number of para-hydroxylation sites is 1. The van der Waals surface area contributed by atoms with E-state index in [1.54, 1.807) is 23.4 Å². The fraction of sp³-hybridized carbons (Fsp3) is 0.259. The van der Waals surface area contributed by atoms with Crippen molar-refractivity contribution < 1.29 is 4.39 Å². The highest BCUT2D eigenvalue weighted by Gasteiger charge is 2.22. The maximum atomic E-state index is 14.1. The van der Waals surface area contributed by atoms with Gasteiger partial charge in [0.2, 0.25) is 0 Å². The number of hydrazone groups is 1. The molecule has 0 fully saturated rings. The normalized spacial score (nSPS) is 15.4. The molecule has 1 aliphatic rings. The van der Waals surface area contributed by atoms with Crippen LogP contribution < -0.4 is 5.32 Å². The first-order valence-corrected chi connectivity index (χ1v) is 11.0. The molecule has 1 N–H and O–H groups in total. The number of hydrogen-bond donors (Lipinski definition) is 1. The summed E-state index contributed by atoms with van der Waals surface area (Å²) >= 11 is 0. The van der Waals surface area contributed by atoms with Crippen LogP contribution >= 0.6 is 0 Å². The summed E-state index contributed by atoms with van der Waals surface area (Å²) in [6.45, 7) is 12.7. The highest BCUT2D eigenvalue weighted by molar-refractivity contribution is 5.70. The molecule has 33 heavy (non-hydrogen) atoms. The fourth-order valence-electron chi connectivity index (χ4n) is 3.67. The predicted molar refractivity (Wildman–Crippen MR) is 136 cm³/mol. The average molecular weight is 446 g/mol. The summed E-state index contributed by atoms with van der Waals surface area (Å²) in [5.41, 5.74) is 6.22. The molecule has 3 rings (SSSR count). The lowest BCUT2D eigenvalue weighted by molar-refractivity contribution is 0.341. The van der Waals surface area contributed by atoms with Crippen LogP contribution in [0.25, 0.3) is 5.57 Å². The van der Waals surface area contributed by atoms with Gasteiger partial charge < -0.3 is 10.2 Å². The number of aromatic nitrogens is 1. The molecule has 0 saturated carbocycles. The first-order chi connectivity index (χ1) is 15.8. The molecule has 0 radical (unpaired) electrons. The van der Waals surface area contributed by atoms with Crippen molar-refractivity contribution >= 4 is 17.5 Å². The SMILES string of the molecule is C=C1C=CC(/C(=C(/C)c2cccc(C)n2)N(C)C(C)CNc2ccccc2F)=CN1/N=C\C. The van der Waals surface area contributed by atoms with E-state index in [1.807, 2.05) is 63.5 Å². The predicted octanol–water partition coefficient (Wildman–Crippen LogP) is 5.97. The van der Waals surface area contributed by atoms with Gasteiger partial charge in [-0.1, -0.05) is 24.8 Å². The minimum atomic E-state index is -0.257. The van der Waals surface area contributed by atoms with Gasteiger partial charge in [0.25, 0.3) is 0 Å². The van der Waals surface area contributed by atoms with Crippen molar-refractivity contribution in [1.82, 2.24) is 14.9 Å². The second-order valence-corrected chi connectivity index (χ2v) is 8.09. The molecular weight excluding hydrogens is 413 g/mol. The Balaban J connectivity index is 1.98. The van der Waals surface area contributed by atoms with E-state index in [0.29, 0.717) is 12.2 Å². The van der Waals surface area contributed by atoms with Crippen LogP contribution in [0.3, 0.4) is 0 Å². The Kier molecular flexibility index (Phi) is 7.83. The summed E-state index contributed by atoms with van der Waals surface area (Å²) in [4.78, 5) is 6.94. The Labute approximate surface area is 196 Å². The minimum absolute atomic E-state index is 0.0573. The molecule has 0 aliphatic carbocycles. The van der Waals surface area contributed by atoms with Crippen molar-refractivity contribution in [3.63, 3.8) is 0 Å². The van der Waals surface area contributed by atoms with E-state index in [-0.39, 0.29) is 11.9 Å². The summed E-state index contributed by atoms with van der Waals surface area (Å²) in [6.07, 6.45) is 7.72. The summed E-state index contributed by atoms with van der Waals surface area (Å²) in [6, 6.07) is 12.8. The number of aryl methyl sites for hydroxylation is 1. The lowest BCUT2D eigenvalue weighted by Gasteiger charge is -2.33. The molecule has 5 nitrogen and oxygen atoms in total. The summed E-state index contributed by atoms with van der Waals surface area (Å²) in [5, 5.41) is 9.40. The van der Waals surface area contributed by atoms with E-state index in [0.717, 1.165) is 33.9 Å². The zero-order valence-electron chi connectivity index (χ0n) is 20.0. The Morgan fingerprint density at radius 3 is 2.70 bits per heavy atom. The van der Waals surface area contributed by atoms with Crippen molar-refractivity contribution in [2.45, 2.75) is 33.7 Å². The molecule has 1 aromatic carbocycles. The molecule has 1 unspecified atom stereocenters. The third kappa shape index (κ3) is 5.77. The molecule has 1 aromatic heterocycles. The minimum Gasteiger partial charge on any atom is -0.381 e. The summed E-state index contributed by atoms with van der Waals surface area (Å²) in [7, 11) is 2.05. The quantitative estimate of drug-likeness (QED) is 0.509. The van der Waals surface area contributed by atoms with Crippen molar-refractivity contribution in [3.8, 4) is 0 Å². The third-order valence-electron chi connectivity index (χ3n) is 5.63. The zero-order valence-corrected chi connectivity index (χ0v) is 20.0. The molecule has 2 heterocycles. The highest BCUT2D eigenvalue weighted by Crippen LogP contribution is 2.31. The largest absolute Gasteiger partial charge is 0.381 e. The summed E-state index contributed by atoms with van der Waals surface area (Å²) in [5.74, 6) is -0.257. The number of pyridine rings is 1. The van der Waals surface area contributed by atoms with Gasteiger partial charge in [0.15, 0.2) is 0 Å². The molecular formula is C27H32FN5. The second kappa shape index (κ2) is 10.8. The Hall–Kier alpha value is -3.67. The smallest absolute Gasteiger partial charge is 0.146 e. The number of halogens is 1. The highest BCUT2D eigenvalue weighted by atomic mass is 19.1. The van der Waals surface area contributed by atoms with Gasteiger partial charge in [-0.2, -0.15) is 5.10 Å². The van der Waals surface area contributed by atoms with Crippen molar-refractivity contribution in [1.29, 1.82) is 0 Å². The van der Waals surface area contributed by atoms with E-state index in [1.165, 1.54) is 6.07 Å². The van der Waals surface area contributed by atoms with Gasteiger partial charge in [0.05, 0.1) is 22.8 Å². The zero-order chi connectivity index (χ0) is 24.0. The van der Waals surface area contributed by atoms with E-state index in [9.17, 15) is 4.39 Å². The Bertz CT molecular complexity index is 1130. The standard InChI is InChI=1S/C27H32FN5/c1-7-30-33-18-23(16-15-20(33)3)27(22(5)25-14-10-11-19(2)31-25)32(6)21(4)17-29-26-13-9-8-12-24(26)28/h7-16,18,21,29H,3,17H2,1-2,4-6H3/b27-22+,30-7-. The first-order valence-electron chi connectivity index (χ1n) is 11.0. The number of nitrogens with zero attached hydrogens (tertiary/aromatic N) is 4. The molecule has 2 aromatic rings. The van der Waals surface area contributed by atoms with Gasteiger partial charge in [0, 0.05) is 43.3 Å². The van der Waals surface area contributed by atoms with Crippen LogP contribution in [0.1, 0.15) is 32.2 Å². The maximum absolute atomic E-state index is 14.1. The number of benzene rings is 1. The van der Waals surface area contributed by atoms with Crippen LogP contribution in [0.5, 0.6) is 0 Å². The van der Waals surface area contributed by atoms with Crippen LogP contribution in [0, 0.1) is 12.7 Å². The van der Waals surface area contributed by atoms with Crippen LogP contribution in [0.15, 0.2) is 89.5 Å². The van der Waals surface area contributed by atoms with Gasteiger partial charge in [-0.25, -0.2) is 9.40 Å². The monoisotopic (exact) mass is 445 g/mol. The van der Waals surface area contributed by atoms with E-state index in [2.05, 4.69) is 35.7 Å². The van der Waals surface area contributed by atoms with Crippen molar-refractivity contribution in [2.75, 3.05) is 18.9 Å². The van der Waals surface area contributed by atoms with E-state index >= 15 is 0 Å². The number of anilines is 1. The van der Waals surface area contributed by atoms with Crippen LogP contribution in [0.2, 0.25) is 0 Å². The van der Waals surface area contributed by atoms with E-state index in [4.69, 9.17) is 4.98 Å². The Morgan fingerprint density at radius 1 is 1.24 bits per heavy atom. The number of allylic oxidation sites excluding steroid dienone is 3. The second-order valence-electron chi connectivity index (χ2n) is 8.09. The molecule has 0 amide bonds. The van der Waals surface area contributed by atoms with Gasteiger partial charge in [0.1, 0.15) is 5.82 Å². The molecule has 0 spiro atoms. The molecule has 1 atom stereocenters. The molecule has 1 aliphatic heterocycles. The molecule has 0 saturated heterocycles. The molecule has 6 heteroatoms. The van der Waals surface area contributed by atoms with E-state index < -0.39 is 0 Å². The maximum Gasteiger partial charge on any atom is 0.146 e. The molecule has 172 valence electrons. The van der Waals surface area contributed by atoms with Crippen molar-refractivity contribution in [2.24, 2.45) is 5.10 Å². The summed E-state index contributed by atoms with van der Waals surface area (Å²) < 4.78 is 14.1. The number of nitrogens with one attached hydrogen (secondary N) is 1. The van der Waals surface area contributed by atoms with Gasteiger partial charge in [-0.3, -0.25) is 4.98 Å². The lowest BCUT2D eigenvalue weighted by Crippen LogP contribution is -2.36. The Morgan fingerprint density at radius 2 is 2.00 bits per heavy atom. The number of rotatable bonds is 8. The van der Waals surface area contributed by atoms with Gasteiger partial charge >= 0.3 is 0 Å². The number of hydrogen-bond acceptors (Lipinski definition) is 5. The van der Waals surface area contributed by atoms with Crippen LogP contribution in [-0.4, -0.2) is 40.7 Å².